The predicted octanol–water partition coefficient (Wildman–Crippen LogP) is 5.76. The normalized spacial score (nSPS) is 26.6. The number of halogens is 3. The fourth-order valence-electron chi connectivity index (χ4n) is 8.26. The maximum absolute atomic E-state index is 13.8. The molecule has 5 atom stereocenters. The average molecular weight is 607 g/mol. The second-order valence-corrected chi connectivity index (χ2v) is 12.8. The third-order valence-corrected chi connectivity index (χ3v) is 9.77. The lowest BCUT2D eigenvalue weighted by Gasteiger charge is -2.60. The lowest BCUT2D eigenvalue weighted by atomic mass is 9.50. The quantitative estimate of drug-likeness (QED) is 0.181. The molecule has 2 aromatic rings. The Balaban J connectivity index is 1.37. The molecule has 2 heterocycles. The molecule has 4 aliphatic rings. The van der Waals surface area contributed by atoms with E-state index >= 15 is 0 Å². The molecule has 2 aromatic carbocycles. The van der Waals surface area contributed by atoms with Crippen molar-refractivity contribution >= 4 is 11.9 Å². The number of hydrogen-bond acceptors (Lipinski definition) is 5. The van der Waals surface area contributed by atoms with Crippen LogP contribution in [0.1, 0.15) is 62.3 Å². The molecule has 0 radical (unpaired) electrons. The molecule has 232 valence electrons. The number of likely N-dealkylation sites (tertiary alicyclic amines) is 1. The van der Waals surface area contributed by atoms with Gasteiger partial charge in [0.2, 0.25) is 0 Å². The van der Waals surface area contributed by atoms with Gasteiger partial charge in [-0.25, -0.2) is 0 Å². The van der Waals surface area contributed by atoms with Crippen molar-refractivity contribution in [1.82, 2.24) is 9.80 Å². The molecule has 0 aromatic heterocycles. The molecule has 2 aliphatic heterocycles. The van der Waals surface area contributed by atoms with Crippen molar-refractivity contribution in [2.45, 2.75) is 76.2 Å². The van der Waals surface area contributed by atoms with Crippen LogP contribution in [-0.2, 0) is 27.6 Å². The molecule has 44 heavy (non-hydrogen) atoms. The number of rotatable bonds is 6. The highest BCUT2D eigenvalue weighted by Gasteiger charge is 2.66. The first-order valence-corrected chi connectivity index (χ1v) is 15.3. The Bertz CT molecular complexity index is 1540. The van der Waals surface area contributed by atoms with Gasteiger partial charge in [-0.05, 0) is 80.5 Å². The number of hydrogen-bond donors (Lipinski definition) is 0. The van der Waals surface area contributed by atoms with Gasteiger partial charge in [0.05, 0.1) is 11.6 Å². The van der Waals surface area contributed by atoms with Gasteiger partial charge in [0.25, 0.3) is 5.91 Å². The highest BCUT2D eigenvalue weighted by atomic mass is 19.4. The number of alkyl halides is 3. The van der Waals surface area contributed by atoms with Gasteiger partial charge in [-0.15, -0.1) is 6.58 Å². The van der Waals surface area contributed by atoms with E-state index in [1.54, 1.807) is 0 Å². The molecule has 1 saturated heterocycles. The van der Waals surface area contributed by atoms with E-state index in [4.69, 9.17) is 9.47 Å². The van der Waals surface area contributed by atoms with Crippen LogP contribution in [0.25, 0.3) is 0 Å². The molecule has 0 N–H and O–H groups in total. The van der Waals surface area contributed by atoms with E-state index in [0.29, 0.717) is 23.8 Å². The second kappa shape index (κ2) is 11.3. The predicted molar refractivity (Wildman–Crippen MR) is 159 cm³/mol. The monoisotopic (exact) mass is 606 g/mol. The minimum absolute atomic E-state index is 0.158. The summed E-state index contributed by atoms with van der Waals surface area (Å²) in [4.78, 5) is 30.2. The third kappa shape index (κ3) is 5.07. The minimum Gasteiger partial charge on any atom is -0.487 e. The SMILES string of the molecule is C=CCN1CC[C@@]23c4c5ccc(OC(C)=O)c4C[C@@H]1[C@@H]2CC[C@H](N(CC(C)C)C(=O)C#Cc1ccc(C(F)(F)F)cc1)[C@@H]3O5. The van der Waals surface area contributed by atoms with Crippen molar-refractivity contribution in [3.8, 4) is 23.3 Å². The van der Waals surface area contributed by atoms with Crippen molar-refractivity contribution in [2.75, 3.05) is 19.6 Å². The van der Waals surface area contributed by atoms with Gasteiger partial charge in [-0.1, -0.05) is 25.8 Å². The summed E-state index contributed by atoms with van der Waals surface area (Å²) >= 11 is 0. The lowest BCUT2D eigenvalue weighted by molar-refractivity contribution is -0.138. The van der Waals surface area contributed by atoms with Crippen LogP contribution in [0.5, 0.6) is 11.5 Å². The summed E-state index contributed by atoms with van der Waals surface area (Å²) in [5.74, 6) is 6.61. The number of carbonyl (C=O) groups excluding carboxylic acids is 2. The highest BCUT2D eigenvalue weighted by molar-refractivity contribution is 5.94. The van der Waals surface area contributed by atoms with E-state index in [1.807, 2.05) is 37.0 Å². The van der Waals surface area contributed by atoms with Crippen LogP contribution in [0.2, 0.25) is 0 Å². The molecule has 1 saturated carbocycles. The van der Waals surface area contributed by atoms with E-state index < -0.39 is 11.7 Å². The van der Waals surface area contributed by atoms with Crippen LogP contribution in [-0.4, -0.2) is 59.5 Å². The molecule has 2 bridgehead atoms. The molecule has 1 amide bonds. The zero-order valence-corrected chi connectivity index (χ0v) is 25.2. The molecule has 2 aliphatic carbocycles. The first kappa shape index (κ1) is 30.3. The minimum atomic E-state index is -4.44. The zero-order valence-electron chi connectivity index (χ0n) is 25.2. The third-order valence-electron chi connectivity index (χ3n) is 9.77. The molecular weight excluding hydrogens is 569 g/mol. The molecule has 6 nitrogen and oxygen atoms in total. The fourth-order valence-corrected chi connectivity index (χ4v) is 8.26. The number of ether oxygens (including phenoxy) is 2. The lowest BCUT2D eigenvalue weighted by Crippen LogP contribution is -2.69. The Morgan fingerprint density at radius 2 is 1.95 bits per heavy atom. The van der Waals surface area contributed by atoms with E-state index in [2.05, 4.69) is 23.3 Å². The largest absolute Gasteiger partial charge is 0.487 e. The van der Waals surface area contributed by atoms with Crippen molar-refractivity contribution in [2.24, 2.45) is 11.8 Å². The standard InChI is InChI=1S/C35H37F3N2O4/c1-5-17-39-18-16-34-26-11-12-27(33(34)44-30-14-13-29(43-22(4)41)25(32(30)34)19-28(26)39)40(20-21(2)3)31(42)15-8-23-6-9-24(10-7-23)35(36,37)38/h5-7,9-10,13-14,21,26-28,33H,1,11-12,16-20H2,2-4H3/t26-,27-,28+,33-,34-/m0/s1. The van der Waals surface area contributed by atoms with E-state index in [-0.39, 0.29) is 41.4 Å². The van der Waals surface area contributed by atoms with Crippen molar-refractivity contribution in [3.63, 3.8) is 0 Å². The van der Waals surface area contributed by atoms with Crippen LogP contribution < -0.4 is 9.47 Å². The Morgan fingerprint density at radius 3 is 2.61 bits per heavy atom. The Kier molecular flexibility index (Phi) is 7.77. The Labute approximate surface area is 256 Å². The van der Waals surface area contributed by atoms with Gasteiger partial charge >= 0.3 is 12.1 Å². The zero-order chi connectivity index (χ0) is 31.4. The average Bonchev–Trinajstić information content (AvgIpc) is 3.30. The van der Waals surface area contributed by atoms with Crippen molar-refractivity contribution < 1.29 is 32.2 Å². The molecule has 2 fully saturated rings. The first-order valence-electron chi connectivity index (χ1n) is 15.3. The number of benzene rings is 2. The summed E-state index contributed by atoms with van der Waals surface area (Å²) < 4.78 is 51.6. The second-order valence-electron chi connectivity index (χ2n) is 12.8. The van der Waals surface area contributed by atoms with Gasteiger partial charge < -0.3 is 14.4 Å². The van der Waals surface area contributed by atoms with Gasteiger partial charge in [0, 0.05) is 54.1 Å². The summed E-state index contributed by atoms with van der Waals surface area (Å²) in [5.41, 5.74) is 1.37. The smallest absolute Gasteiger partial charge is 0.416 e. The van der Waals surface area contributed by atoms with Crippen LogP contribution in [0, 0.1) is 23.7 Å². The van der Waals surface area contributed by atoms with Gasteiger partial charge in [-0.2, -0.15) is 13.2 Å². The number of carbonyl (C=O) groups is 2. The van der Waals surface area contributed by atoms with E-state index in [1.165, 1.54) is 19.1 Å². The van der Waals surface area contributed by atoms with E-state index in [9.17, 15) is 22.8 Å². The van der Waals surface area contributed by atoms with Gasteiger partial charge in [0.15, 0.2) is 0 Å². The Hall–Kier alpha value is -3.77. The molecule has 0 unspecified atom stereocenters. The molecular formula is C35H37F3N2O4. The number of piperidine rings is 1. The van der Waals surface area contributed by atoms with Gasteiger partial charge in [0.1, 0.15) is 17.6 Å². The highest BCUT2D eigenvalue weighted by Crippen LogP contribution is 2.63. The fraction of sp³-hybridized carbons (Fsp3) is 0.486. The van der Waals surface area contributed by atoms with Crippen molar-refractivity contribution in [1.29, 1.82) is 0 Å². The summed E-state index contributed by atoms with van der Waals surface area (Å²) in [5, 5.41) is 0. The van der Waals surface area contributed by atoms with Crippen molar-refractivity contribution in [3.05, 3.63) is 71.3 Å². The molecule has 6 rings (SSSR count). The first-order chi connectivity index (χ1) is 20.9. The maximum atomic E-state index is 13.8. The van der Waals surface area contributed by atoms with Gasteiger partial charge in [-0.3, -0.25) is 14.5 Å². The topological polar surface area (TPSA) is 59.1 Å². The van der Waals surface area contributed by atoms with Crippen LogP contribution in [0.15, 0.2) is 49.1 Å². The summed E-state index contributed by atoms with van der Waals surface area (Å²) in [6.45, 7) is 11.6. The van der Waals surface area contributed by atoms with E-state index in [0.717, 1.165) is 67.8 Å². The number of amides is 1. The number of nitrogens with zero attached hydrogens (tertiary/aromatic N) is 2. The van der Waals surface area contributed by atoms with Crippen LogP contribution in [0.3, 0.4) is 0 Å². The Morgan fingerprint density at radius 1 is 1.20 bits per heavy atom. The summed E-state index contributed by atoms with van der Waals surface area (Å²) in [7, 11) is 0. The maximum Gasteiger partial charge on any atom is 0.416 e. The summed E-state index contributed by atoms with van der Waals surface area (Å²) in [6, 6.07) is 8.22. The molecule has 1 spiro atoms. The van der Waals surface area contributed by atoms with Crippen LogP contribution >= 0.6 is 0 Å². The summed E-state index contributed by atoms with van der Waals surface area (Å²) in [6.07, 6.45) is 0.430. The number of esters is 1. The molecule has 9 heteroatoms. The van der Waals surface area contributed by atoms with Crippen LogP contribution in [0.4, 0.5) is 13.2 Å².